The zero-order valence-electron chi connectivity index (χ0n) is 11.2. The first-order valence-corrected chi connectivity index (χ1v) is 6.13. The number of carbonyl (C=O) groups excluding carboxylic acids is 3. The number of hydrogen-bond acceptors (Lipinski definition) is 6. The van der Waals surface area contributed by atoms with Crippen molar-refractivity contribution in [2.24, 2.45) is 0 Å². The minimum atomic E-state index is -0.860. The number of rotatable bonds is 2. The van der Waals surface area contributed by atoms with Crippen LogP contribution in [0.2, 0.25) is 0 Å². The molecule has 0 fully saturated rings. The Labute approximate surface area is 119 Å². The second kappa shape index (κ2) is 4.55. The van der Waals surface area contributed by atoms with E-state index in [9.17, 15) is 14.4 Å². The lowest BCUT2D eigenvalue weighted by Crippen LogP contribution is -2.33. The van der Waals surface area contributed by atoms with E-state index in [1.54, 1.807) is 26.0 Å². The second-order valence-electron chi connectivity index (χ2n) is 4.53. The molecule has 0 radical (unpaired) electrons. The molecule has 2 aromatic rings. The molecular weight excluding hydrogens is 276 g/mol. The largest absolute Gasteiger partial charge is 0.369 e. The Bertz CT molecular complexity index is 723. The van der Waals surface area contributed by atoms with E-state index in [-0.39, 0.29) is 22.5 Å². The lowest BCUT2D eigenvalue weighted by Gasteiger charge is -2.12. The van der Waals surface area contributed by atoms with E-state index in [0.29, 0.717) is 10.8 Å². The Morgan fingerprint density at radius 3 is 2.19 bits per heavy atom. The van der Waals surface area contributed by atoms with Gasteiger partial charge < -0.3 is 9.36 Å². The summed E-state index contributed by atoms with van der Waals surface area (Å²) in [5.41, 5.74) is 0.837. The molecule has 0 saturated heterocycles. The summed E-state index contributed by atoms with van der Waals surface area (Å²) in [6.45, 7) is 3.11. The monoisotopic (exact) mass is 286 g/mol. The quantitative estimate of drug-likeness (QED) is 0.780. The summed E-state index contributed by atoms with van der Waals surface area (Å²) in [5.74, 6) is -1.94. The smallest absolute Gasteiger partial charge is 0.361 e. The number of aryl methyl sites for hydroxylation is 2. The second-order valence-corrected chi connectivity index (χ2v) is 4.53. The highest BCUT2D eigenvalue weighted by atomic mass is 16.7. The third-order valence-electron chi connectivity index (χ3n) is 3.17. The van der Waals surface area contributed by atoms with Crippen molar-refractivity contribution < 1.29 is 23.7 Å². The highest BCUT2D eigenvalue weighted by molar-refractivity contribution is 6.21. The van der Waals surface area contributed by atoms with Crippen LogP contribution in [-0.2, 0) is 4.84 Å². The zero-order valence-corrected chi connectivity index (χ0v) is 11.2. The molecule has 0 aliphatic carbocycles. The molecule has 0 saturated carbocycles. The van der Waals surface area contributed by atoms with E-state index >= 15 is 0 Å². The van der Waals surface area contributed by atoms with Crippen molar-refractivity contribution in [1.29, 1.82) is 0 Å². The van der Waals surface area contributed by atoms with Gasteiger partial charge in [0, 0.05) is 0 Å². The van der Waals surface area contributed by atoms with E-state index in [1.165, 1.54) is 12.1 Å². The molecule has 0 bridgehead atoms. The van der Waals surface area contributed by atoms with E-state index in [2.05, 4.69) is 5.16 Å². The SMILES string of the molecule is Cc1noc(C)c1C(=O)ON1C(=O)c2ccccc2C1=O. The molecule has 1 aromatic carbocycles. The first kappa shape index (κ1) is 13.0. The van der Waals surface area contributed by atoms with Gasteiger partial charge in [0.2, 0.25) is 0 Å². The Morgan fingerprint density at radius 2 is 1.71 bits per heavy atom. The van der Waals surface area contributed by atoms with Gasteiger partial charge in [0.1, 0.15) is 11.3 Å². The standard InChI is InChI=1S/C14H10N2O5/c1-7-11(8(2)20-15-7)14(19)21-16-12(17)9-5-3-4-6-10(9)13(16)18/h3-6H,1-2H3. The van der Waals surface area contributed by atoms with Crippen molar-refractivity contribution in [3.05, 3.63) is 52.4 Å². The van der Waals surface area contributed by atoms with Crippen LogP contribution in [0, 0.1) is 13.8 Å². The van der Waals surface area contributed by atoms with Crippen LogP contribution in [0.25, 0.3) is 0 Å². The fraction of sp³-hybridized carbons (Fsp3) is 0.143. The minimum absolute atomic E-state index is 0.103. The average molecular weight is 286 g/mol. The van der Waals surface area contributed by atoms with Crippen LogP contribution in [0.4, 0.5) is 0 Å². The van der Waals surface area contributed by atoms with Gasteiger partial charge in [-0.1, -0.05) is 22.4 Å². The third kappa shape index (κ3) is 1.90. The number of nitrogens with zero attached hydrogens (tertiary/aromatic N) is 2. The Kier molecular flexibility index (Phi) is 2.83. The number of imide groups is 1. The maximum atomic E-state index is 12.1. The summed E-state index contributed by atoms with van der Waals surface area (Å²) in [5, 5.41) is 4.08. The minimum Gasteiger partial charge on any atom is -0.361 e. The van der Waals surface area contributed by atoms with Crippen LogP contribution in [0.5, 0.6) is 0 Å². The van der Waals surface area contributed by atoms with Crippen molar-refractivity contribution in [3.8, 4) is 0 Å². The summed E-state index contributed by atoms with van der Waals surface area (Å²) in [6.07, 6.45) is 0. The Hall–Kier alpha value is -2.96. The Balaban J connectivity index is 1.89. The van der Waals surface area contributed by atoms with Gasteiger partial charge in [-0.05, 0) is 26.0 Å². The van der Waals surface area contributed by atoms with Crippen LogP contribution < -0.4 is 0 Å². The van der Waals surface area contributed by atoms with Gasteiger partial charge in [-0.2, -0.15) is 0 Å². The number of fused-ring (bicyclic) bond motifs is 1. The molecule has 106 valence electrons. The summed E-state index contributed by atoms with van der Waals surface area (Å²) >= 11 is 0. The van der Waals surface area contributed by atoms with Gasteiger partial charge in [-0.3, -0.25) is 9.59 Å². The summed E-state index contributed by atoms with van der Waals surface area (Å²) in [6, 6.07) is 6.26. The van der Waals surface area contributed by atoms with Crippen LogP contribution in [0.3, 0.4) is 0 Å². The average Bonchev–Trinajstić information content (AvgIpc) is 2.92. The lowest BCUT2D eigenvalue weighted by molar-refractivity contribution is -0.0586. The van der Waals surface area contributed by atoms with E-state index < -0.39 is 17.8 Å². The predicted molar refractivity (Wildman–Crippen MR) is 68.3 cm³/mol. The molecule has 1 aromatic heterocycles. The van der Waals surface area contributed by atoms with Gasteiger partial charge >= 0.3 is 5.97 Å². The molecule has 2 amide bonds. The summed E-state index contributed by atoms with van der Waals surface area (Å²) < 4.78 is 4.86. The molecule has 1 aliphatic heterocycles. The fourth-order valence-electron chi connectivity index (χ4n) is 2.15. The predicted octanol–water partition coefficient (Wildman–Crippen LogP) is 1.66. The number of benzene rings is 1. The maximum Gasteiger partial charge on any atom is 0.369 e. The van der Waals surface area contributed by atoms with E-state index in [4.69, 9.17) is 9.36 Å². The molecule has 0 N–H and O–H groups in total. The zero-order chi connectivity index (χ0) is 15.1. The first-order chi connectivity index (χ1) is 10.0. The van der Waals surface area contributed by atoms with E-state index in [0.717, 1.165) is 0 Å². The molecule has 0 atom stereocenters. The van der Waals surface area contributed by atoms with Crippen molar-refractivity contribution in [2.75, 3.05) is 0 Å². The van der Waals surface area contributed by atoms with Gasteiger partial charge in [-0.15, -0.1) is 0 Å². The summed E-state index contributed by atoms with van der Waals surface area (Å²) in [7, 11) is 0. The van der Waals surface area contributed by atoms with Crippen molar-refractivity contribution in [3.63, 3.8) is 0 Å². The molecule has 21 heavy (non-hydrogen) atoms. The molecule has 0 spiro atoms. The maximum absolute atomic E-state index is 12.1. The molecule has 3 rings (SSSR count). The number of aromatic nitrogens is 1. The number of carbonyl (C=O) groups is 3. The summed E-state index contributed by atoms with van der Waals surface area (Å²) in [4.78, 5) is 41.1. The normalized spacial score (nSPS) is 13.5. The molecule has 7 nitrogen and oxygen atoms in total. The van der Waals surface area contributed by atoms with Crippen LogP contribution in [-0.4, -0.2) is 28.0 Å². The number of amides is 2. The van der Waals surface area contributed by atoms with Gasteiger partial charge in [0.25, 0.3) is 11.8 Å². The molecule has 2 heterocycles. The highest BCUT2D eigenvalue weighted by Gasteiger charge is 2.39. The van der Waals surface area contributed by atoms with Crippen molar-refractivity contribution >= 4 is 17.8 Å². The van der Waals surface area contributed by atoms with Gasteiger partial charge in [-0.25, -0.2) is 4.79 Å². The van der Waals surface area contributed by atoms with Crippen LogP contribution >= 0.6 is 0 Å². The number of hydrogen-bond donors (Lipinski definition) is 0. The van der Waals surface area contributed by atoms with Crippen LogP contribution in [0.1, 0.15) is 42.5 Å². The van der Waals surface area contributed by atoms with Gasteiger partial charge in [0.05, 0.1) is 16.8 Å². The van der Waals surface area contributed by atoms with Crippen molar-refractivity contribution in [2.45, 2.75) is 13.8 Å². The van der Waals surface area contributed by atoms with Gasteiger partial charge in [0.15, 0.2) is 0 Å². The topological polar surface area (TPSA) is 89.7 Å². The van der Waals surface area contributed by atoms with E-state index in [1.807, 2.05) is 0 Å². The molecule has 7 heteroatoms. The van der Waals surface area contributed by atoms with Crippen molar-refractivity contribution in [1.82, 2.24) is 10.2 Å². The lowest BCUT2D eigenvalue weighted by atomic mass is 10.1. The molecule has 0 unspecified atom stereocenters. The Morgan fingerprint density at radius 1 is 1.14 bits per heavy atom. The molecule has 1 aliphatic rings. The fourth-order valence-corrected chi connectivity index (χ4v) is 2.15. The first-order valence-electron chi connectivity index (χ1n) is 6.13. The van der Waals surface area contributed by atoms with Crippen LogP contribution in [0.15, 0.2) is 28.8 Å². The third-order valence-corrected chi connectivity index (χ3v) is 3.17. The number of hydroxylamine groups is 2. The highest BCUT2D eigenvalue weighted by Crippen LogP contribution is 2.24. The molecular formula is C14H10N2O5.